The van der Waals surface area contributed by atoms with Crippen molar-refractivity contribution in [3.05, 3.63) is 52.7 Å². The summed E-state index contributed by atoms with van der Waals surface area (Å²) in [5, 5.41) is 3.12. The van der Waals surface area contributed by atoms with Gasteiger partial charge in [0.25, 0.3) is 5.91 Å². The normalized spacial score (nSPS) is 10.8. The number of rotatable bonds is 5. The molecule has 0 aliphatic rings. The van der Waals surface area contributed by atoms with Crippen LogP contribution < -0.4 is 14.8 Å². The lowest BCUT2D eigenvalue weighted by molar-refractivity contribution is 0.102. The summed E-state index contributed by atoms with van der Waals surface area (Å²) < 4.78 is 25.5. The summed E-state index contributed by atoms with van der Waals surface area (Å²) in [7, 11) is 2.94. The third kappa shape index (κ3) is 3.17. The molecule has 6 nitrogen and oxygen atoms in total. The van der Waals surface area contributed by atoms with Crippen LogP contribution in [0.15, 0.2) is 30.5 Å². The predicted molar refractivity (Wildman–Crippen MR) is 97.0 cm³/mol. The van der Waals surface area contributed by atoms with E-state index in [1.807, 2.05) is 6.92 Å². The Bertz CT molecular complexity index is 987. The van der Waals surface area contributed by atoms with E-state index in [2.05, 4.69) is 10.3 Å². The molecule has 8 heteroatoms. The fourth-order valence-corrected chi connectivity index (χ4v) is 2.92. The van der Waals surface area contributed by atoms with Gasteiger partial charge in [0, 0.05) is 18.3 Å². The molecule has 1 aromatic carbocycles. The minimum Gasteiger partial charge on any atom is -0.495 e. The molecule has 0 aliphatic heterocycles. The van der Waals surface area contributed by atoms with E-state index in [9.17, 15) is 9.18 Å². The van der Waals surface area contributed by atoms with E-state index < -0.39 is 11.7 Å². The zero-order chi connectivity index (χ0) is 18.8. The van der Waals surface area contributed by atoms with E-state index in [4.69, 9.17) is 21.1 Å². The minimum atomic E-state index is -0.461. The largest absolute Gasteiger partial charge is 0.495 e. The molecular weight excluding hydrogens is 361 g/mol. The molecule has 0 aliphatic carbocycles. The van der Waals surface area contributed by atoms with Crippen molar-refractivity contribution in [2.24, 2.45) is 0 Å². The maximum atomic E-state index is 13.7. The van der Waals surface area contributed by atoms with Crippen molar-refractivity contribution in [1.82, 2.24) is 9.38 Å². The number of anilines is 1. The number of nitrogens with zero attached hydrogens (tertiary/aromatic N) is 2. The number of nitrogens with one attached hydrogen (secondary N) is 1. The molecule has 1 amide bonds. The van der Waals surface area contributed by atoms with Gasteiger partial charge < -0.3 is 14.8 Å². The first-order chi connectivity index (χ1) is 12.5. The van der Waals surface area contributed by atoms with E-state index in [0.717, 1.165) is 0 Å². The number of hydrogen-bond acceptors (Lipinski definition) is 4. The summed E-state index contributed by atoms with van der Waals surface area (Å²) in [6, 6.07) is 5.94. The molecule has 0 spiro atoms. The topological polar surface area (TPSA) is 64.9 Å². The van der Waals surface area contributed by atoms with Gasteiger partial charge in [-0.3, -0.25) is 9.20 Å². The second kappa shape index (κ2) is 7.21. The van der Waals surface area contributed by atoms with E-state index >= 15 is 0 Å². The zero-order valence-corrected chi connectivity index (χ0v) is 15.2. The van der Waals surface area contributed by atoms with Crippen LogP contribution in [0.3, 0.4) is 0 Å². The van der Waals surface area contributed by atoms with Crippen molar-refractivity contribution < 1.29 is 18.7 Å². The van der Waals surface area contributed by atoms with E-state index in [-0.39, 0.29) is 5.69 Å². The van der Waals surface area contributed by atoms with Gasteiger partial charge in [0.1, 0.15) is 28.7 Å². The molecule has 0 bridgehead atoms. The molecule has 0 atom stereocenters. The molecule has 2 aromatic heterocycles. The Kier molecular flexibility index (Phi) is 4.99. The van der Waals surface area contributed by atoms with E-state index in [1.165, 1.54) is 36.9 Å². The Morgan fingerprint density at radius 1 is 1.27 bits per heavy atom. The number of hydrogen-bond donors (Lipinski definition) is 1. The number of carbonyl (C=O) groups excluding carboxylic acids is 1. The van der Waals surface area contributed by atoms with Crippen LogP contribution in [0.2, 0.25) is 5.02 Å². The van der Waals surface area contributed by atoms with Gasteiger partial charge in [-0.15, -0.1) is 0 Å². The Hall–Kier alpha value is -2.80. The first-order valence-corrected chi connectivity index (χ1v) is 8.25. The van der Waals surface area contributed by atoms with E-state index in [1.54, 1.807) is 12.1 Å². The lowest BCUT2D eigenvalue weighted by Gasteiger charge is -2.13. The molecule has 3 rings (SSSR count). The number of aryl methyl sites for hydroxylation is 1. The number of benzene rings is 1. The van der Waals surface area contributed by atoms with Gasteiger partial charge in [0.15, 0.2) is 0 Å². The average molecular weight is 378 g/mol. The average Bonchev–Trinajstić information content (AvgIpc) is 3.00. The SMILES string of the molecule is CCc1nc2ccc(F)cn2c1C(=O)Nc1cc(OC)c(Cl)cc1OC. The molecule has 26 heavy (non-hydrogen) atoms. The van der Waals surface area contributed by atoms with Crippen LogP contribution in [0.5, 0.6) is 11.5 Å². The number of carbonyl (C=O) groups is 1. The summed E-state index contributed by atoms with van der Waals surface area (Å²) in [4.78, 5) is 17.3. The van der Waals surface area contributed by atoms with Crippen molar-refractivity contribution in [1.29, 1.82) is 0 Å². The maximum absolute atomic E-state index is 13.7. The molecule has 0 radical (unpaired) electrons. The standard InChI is InChI=1S/C18H17ClFN3O3/c1-4-12-17(23-9-10(20)5-6-16(23)21-12)18(24)22-13-8-14(25-2)11(19)7-15(13)26-3/h5-9H,4H2,1-3H3,(H,22,24). The first-order valence-electron chi connectivity index (χ1n) is 7.87. The highest BCUT2D eigenvalue weighted by atomic mass is 35.5. The molecule has 0 saturated heterocycles. The van der Waals surface area contributed by atoms with Gasteiger partial charge >= 0.3 is 0 Å². The van der Waals surface area contributed by atoms with Crippen molar-refractivity contribution in [2.75, 3.05) is 19.5 Å². The van der Waals surface area contributed by atoms with Gasteiger partial charge in [-0.25, -0.2) is 9.37 Å². The van der Waals surface area contributed by atoms with Gasteiger partial charge in [0.2, 0.25) is 0 Å². The fourth-order valence-electron chi connectivity index (χ4n) is 2.69. The molecule has 0 fully saturated rings. The number of aromatic nitrogens is 2. The summed E-state index contributed by atoms with van der Waals surface area (Å²) in [5.74, 6) is -0.134. The molecule has 2 heterocycles. The van der Waals surface area contributed by atoms with Crippen molar-refractivity contribution >= 4 is 28.8 Å². The molecular formula is C18H17ClFN3O3. The van der Waals surface area contributed by atoms with Crippen molar-refractivity contribution in [2.45, 2.75) is 13.3 Å². The second-order valence-corrected chi connectivity index (χ2v) is 5.88. The summed E-state index contributed by atoms with van der Waals surface area (Å²) >= 11 is 6.09. The van der Waals surface area contributed by atoms with Crippen molar-refractivity contribution in [3.8, 4) is 11.5 Å². The van der Waals surface area contributed by atoms with Crippen LogP contribution in [0.4, 0.5) is 10.1 Å². The van der Waals surface area contributed by atoms with Gasteiger partial charge in [-0.1, -0.05) is 18.5 Å². The van der Waals surface area contributed by atoms with Gasteiger partial charge in [-0.2, -0.15) is 0 Å². The highest BCUT2D eigenvalue weighted by molar-refractivity contribution is 6.32. The van der Waals surface area contributed by atoms with Gasteiger partial charge in [-0.05, 0) is 18.6 Å². The Labute approximate surface area is 154 Å². The van der Waals surface area contributed by atoms with Crippen LogP contribution in [0.25, 0.3) is 5.65 Å². The van der Waals surface area contributed by atoms with Gasteiger partial charge in [0.05, 0.1) is 30.6 Å². The number of fused-ring (bicyclic) bond motifs is 1. The summed E-state index contributed by atoms with van der Waals surface area (Å²) in [5.41, 5.74) is 1.70. The number of ether oxygens (including phenoxy) is 2. The second-order valence-electron chi connectivity index (χ2n) is 5.48. The highest BCUT2D eigenvalue weighted by Crippen LogP contribution is 2.36. The Balaban J connectivity index is 2.06. The Morgan fingerprint density at radius 3 is 2.65 bits per heavy atom. The van der Waals surface area contributed by atoms with Crippen molar-refractivity contribution in [3.63, 3.8) is 0 Å². The maximum Gasteiger partial charge on any atom is 0.274 e. The predicted octanol–water partition coefficient (Wildman–Crippen LogP) is 3.96. The Morgan fingerprint density at radius 2 is 2.00 bits per heavy atom. The zero-order valence-electron chi connectivity index (χ0n) is 14.5. The number of methoxy groups -OCH3 is 2. The highest BCUT2D eigenvalue weighted by Gasteiger charge is 2.21. The fraction of sp³-hybridized carbons (Fsp3) is 0.222. The molecule has 3 aromatic rings. The van der Waals surface area contributed by atoms with Crippen LogP contribution >= 0.6 is 11.6 Å². The molecule has 0 saturated carbocycles. The monoisotopic (exact) mass is 377 g/mol. The van der Waals surface area contributed by atoms with Crippen LogP contribution in [0, 0.1) is 5.82 Å². The molecule has 0 unspecified atom stereocenters. The first kappa shape index (κ1) is 18.0. The third-order valence-corrected chi connectivity index (χ3v) is 4.22. The third-order valence-electron chi connectivity index (χ3n) is 3.93. The van der Waals surface area contributed by atoms with E-state index in [0.29, 0.717) is 40.0 Å². The van der Waals surface area contributed by atoms with Crippen LogP contribution in [-0.2, 0) is 6.42 Å². The lowest BCUT2D eigenvalue weighted by atomic mass is 10.2. The quantitative estimate of drug-likeness (QED) is 0.731. The summed E-state index contributed by atoms with van der Waals surface area (Å²) in [6.45, 7) is 1.88. The van der Waals surface area contributed by atoms with Crippen LogP contribution in [-0.4, -0.2) is 29.5 Å². The van der Waals surface area contributed by atoms with Crippen LogP contribution in [0.1, 0.15) is 23.1 Å². The molecule has 136 valence electrons. The summed E-state index contributed by atoms with van der Waals surface area (Å²) in [6.07, 6.45) is 1.75. The molecule has 1 N–H and O–H groups in total. The lowest BCUT2D eigenvalue weighted by Crippen LogP contribution is -2.17. The smallest absolute Gasteiger partial charge is 0.274 e. The number of amides is 1. The number of pyridine rings is 1. The number of imidazole rings is 1. The number of halogens is 2. The minimum absolute atomic E-state index is 0.262.